The molecule has 5 rings (SSSR count). The molecular weight excluding hydrogens is 544 g/mol. The number of ether oxygens (including phenoxy) is 2. The molecule has 6 atom stereocenters. The molecule has 2 bridgehead atoms. The number of thioether (sulfide) groups is 1. The summed E-state index contributed by atoms with van der Waals surface area (Å²) in [5.41, 5.74) is 0.664. The van der Waals surface area contributed by atoms with Crippen molar-refractivity contribution >= 4 is 35.2 Å². The van der Waals surface area contributed by atoms with E-state index in [1.54, 1.807) is 16.7 Å². The van der Waals surface area contributed by atoms with Crippen molar-refractivity contribution in [2.75, 3.05) is 64.5 Å². The monoisotopic (exact) mass is 588 g/mol. The zero-order valence-corrected chi connectivity index (χ0v) is 25.0. The highest BCUT2D eigenvalue weighted by atomic mass is 32.2. The number of nitrogens with zero attached hydrogens (tertiary/aromatic N) is 2. The van der Waals surface area contributed by atoms with Crippen molar-refractivity contribution in [1.29, 1.82) is 0 Å². The third-order valence-corrected chi connectivity index (χ3v) is 11.2. The van der Waals surface area contributed by atoms with Crippen molar-refractivity contribution < 1.29 is 29.0 Å². The first-order chi connectivity index (χ1) is 19.9. The van der Waals surface area contributed by atoms with Gasteiger partial charge in [0, 0.05) is 50.3 Å². The summed E-state index contributed by atoms with van der Waals surface area (Å²) in [6.45, 7) is 9.52. The minimum atomic E-state index is -0.636. The summed E-state index contributed by atoms with van der Waals surface area (Å²) < 4.78 is 10.3. The molecule has 0 radical (unpaired) electrons. The van der Waals surface area contributed by atoms with Gasteiger partial charge < -0.3 is 30.1 Å². The quantitative estimate of drug-likeness (QED) is 0.299. The van der Waals surface area contributed by atoms with Gasteiger partial charge in [-0.25, -0.2) is 0 Å². The summed E-state index contributed by atoms with van der Waals surface area (Å²) in [6, 6.07) is 6.66. The van der Waals surface area contributed by atoms with Gasteiger partial charge in [-0.1, -0.05) is 6.92 Å². The molecule has 3 N–H and O–H groups in total. The molecule has 0 aliphatic carbocycles. The number of unbranched alkanes of at least 4 members (excludes halogenated alkanes) is 2. The zero-order chi connectivity index (χ0) is 29.0. The molecule has 4 heterocycles. The van der Waals surface area contributed by atoms with E-state index in [-0.39, 0.29) is 35.5 Å². The van der Waals surface area contributed by atoms with E-state index >= 15 is 0 Å². The van der Waals surface area contributed by atoms with Gasteiger partial charge in [0.05, 0.1) is 36.4 Å². The first kappa shape index (κ1) is 30.1. The first-order valence-corrected chi connectivity index (χ1v) is 16.0. The lowest BCUT2D eigenvalue weighted by Gasteiger charge is -2.38. The molecule has 1 aromatic rings. The van der Waals surface area contributed by atoms with Crippen LogP contribution in [0.15, 0.2) is 24.3 Å². The maximum Gasteiger partial charge on any atom is 0.244 e. The molecular formula is C30H44N4O6S. The van der Waals surface area contributed by atoms with Gasteiger partial charge in [-0.3, -0.25) is 19.3 Å². The molecule has 0 saturated carbocycles. The predicted molar refractivity (Wildman–Crippen MR) is 158 cm³/mol. The van der Waals surface area contributed by atoms with Crippen molar-refractivity contribution in [1.82, 2.24) is 15.1 Å². The van der Waals surface area contributed by atoms with Gasteiger partial charge in [0.2, 0.25) is 17.7 Å². The minimum Gasteiger partial charge on any atom is -0.494 e. The Morgan fingerprint density at radius 1 is 1.12 bits per heavy atom. The smallest absolute Gasteiger partial charge is 0.244 e. The molecule has 3 unspecified atom stereocenters. The molecule has 11 heteroatoms. The number of hydrogen-bond acceptors (Lipinski definition) is 8. The Bertz CT molecular complexity index is 1080. The topological polar surface area (TPSA) is 120 Å². The Morgan fingerprint density at radius 2 is 1.88 bits per heavy atom. The Kier molecular flexibility index (Phi) is 9.78. The summed E-state index contributed by atoms with van der Waals surface area (Å²) in [4.78, 5) is 45.9. The molecule has 1 aromatic carbocycles. The Morgan fingerprint density at radius 3 is 2.59 bits per heavy atom. The Hall–Kier alpha value is -2.34. The van der Waals surface area contributed by atoms with E-state index in [2.05, 4.69) is 22.5 Å². The van der Waals surface area contributed by atoms with Gasteiger partial charge in [0.1, 0.15) is 11.8 Å². The van der Waals surface area contributed by atoms with Crippen LogP contribution in [0.2, 0.25) is 0 Å². The van der Waals surface area contributed by atoms with E-state index in [0.29, 0.717) is 51.4 Å². The molecule has 226 valence electrons. The molecule has 4 fully saturated rings. The van der Waals surface area contributed by atoms with Gasteiger partial charge in [-0.2, -0.15) is 0 Å². The number of benzene rings is 1. The van der Waals surface area contributed by atoms with Crippen LogP contribution in [0.5, 0.6) is 5.75 Å². The summed E-state index contributed by atoms with van der Waals surface area (Å²) >= 11 is 1.69. The average molecular weight is 589 g/mol. The molecule has 1 spiro atoms. The SMILES string of the molecule is CCOc1ccc(NC(=O)[C@@H]2[C@@H]3CC(C)C4(S3)C(C(=O)NCCN3CCOCC3)N(CCCCCO)C(=O)[C@H]24)cc1. The normalized spacial score (nSPS) is 30.9. The molecule has 3 amide bonds. The second-order valence-electron chi connectivity index (χ2n) is 11.6. The predicted octanol–water partition coefficient (Wildman–Crippen LogP) is 1.97. The number of carbonyl (C=O) groups excluding carboxylic acids is 3. The van der Waals surface area contributed by atoms with Crippen molar-refractivity contribution in [3.8, 4) is 5.75 Å². The fraction of sp³-hybridized carbons (Fsp3) is 0.700. The third kappa shape index (κ3) is 5.96. The van der Waals surface area contributed by atoms with E-state index in [0.717, 1.165) is 38.2 Å². The highest BCUT2D eigenvalue weighted by Crippen LogP contribution is 2.68. The van der Waals surface area contributed by atoms with Crippen molar-refractivity contribution in [3.05, 3.63) is 24.3 Å². The number of rotatable bonds is 13. The lowest BCUT2D eigenvalue weighted by Crippen LogP contribution is -2.57. The Balaban J connectivity index is 1.34. The number of anilines is 1. The van der Waals surface area contributed by atoms with Crippen LogP contribution in [0.4, 0.5) is 5.69 Å². The van der Waals surface area contributed by atoms with Crippen molar-refractivity contribution in [2.45, 2.75) is 55.6 Å². The van der Waals surface area contributed by atoms with Crippen molar-refractivity contribution in [3.63, 3.8) is 0 Å². The van der Waals surface area contributed by atoms with Gasteiger partial charge in [0.25, 0.3) is 0 Å². The van der Waals surface area contributed by atoms with E-state index in [9.17, 15) is 19.5 Å². The van der Waals surface area contributed by atoms with E-state index < -0.39 is 22.6 Å². The standard InChI is InChI=1S/C30H44N4O6S/c1-3-40-22-9-7-21(8-10-22)32-27(36)24-23-19-20(2)30(41-23)25(24)29(38)34(12-5-4-6-16-35)26(30)28(37)31-11-13-33-14-17-39-18-15-33/h7-10,20,23-26,35H,3-6,11-19H2,1-2H3,(H,31,37)(H,32,36)/t20?,23-,24+,25-,26?,30?/m0/s1. The van der Waals surface area contributed by atoms with Crippen LogP contribution < -0.4 is 15.4 Å². The van der Waals surface area contributed by atoms with Gasteiger partial charge >= 0.3 is 0 Å². The van der Waals surface area contributed by atoms with Crippen LogP contribution >= 0.6 is 11.8 Å². The number of hydrogen-bond donors (Lipinski definition) is 3. The number of carbonyl (C=O) groups is 3. The van der Waals surface area contributed by atoms with Crippen LogP contribution in [0.1, 0.15) is 39.5 Å². The number of aliphatic hydroxyl groups excluding tert-OH is 1. The Labute approximate surface area is 246 Å². The highest BCUT2D eigenvalue weighted by molar-refractivity contribution is 8.02. The molecule has 0 aromatic heterocycles. The van der Waals surface area contributed by atoms with Crippen LogP contribution in [0.3, 0.4) is 0 Å². The zero-order valence-electron chi connectivity index (χ0n) is 24.2. The lowest BCUT2D eigenvalue weighted by molar-refractivity contribution is -0.139. The second-order valence-corrected chi connectivity index (χ2v) is 13.1. The molecule has 41 heavy (non-hydrogen) atoms. The van der Waals surface area contributed by atoms with E-state index in [1.165, 1.54) is 0 Å². The number of morpholine rings is 1. The highest BCUT2D eigenvalue weighted by Gasteiger charge is 2.75. The maximum atomic E-state index is 14.2. The first-order valence-electron chi connectivity index (χ1n) is 15.1. The summed E-state index contributed by atoms with van der Waals surface area (Å²) in [5, 5.41) is 15.4. The minimum absolute atomic E-state index is 0.0122. The summed E-state index contributed by atoms with van der Waals surface area (Å²) in [7, 11) is 0. The number of likely N-dealkylation sites (tertiary alicyclic amines) is 1. The number of aliphatic hydroxyl groups is 1. The number of nitrogens with one attached hydrogen (secondary N) is 2. The van der Waals surface area contributed by atoms with Crippen LogP contribution in [-0.2, 0) is 19.1 Å². The molecule has 10 nitrogen and oxygen atoms in total. The molecule has 4 saturated heterocycles. The fourth-order valence-electron chi connectivity index (χ4n) is 7.22. The van der Waals surface area contributed by atoms with Crippen LogP contribution in [0.25, 0.3) is 0 Å². The van der Waals surface area contributed by atoms with Gasteiger partial charge in [-0.15, -0.1) is 11.8 Å². The molecule has 4 aliphatic rings. The lowest BCUT2D eigenvalue weighted by atomic mass is 9.66. The summed E-state index contributed by atoms with van der Waals surface area (Å²) in [5.74, 6) is -0.553. The van der Waals surface area contributed by atoms with Crippen molar-refractivity contribution in [2.24, 2.45) is 17.8 Å². The van der Waals surface area contributed by atoms with Crippen LogP contribution in [-0.4, -0.2) is 108 Å². The maximum absolute atomic E-state index is 14.2. The third-order valence-electron chi connectivity index (χ3n) is 9.12. The number of fused-ring (bicyclic) bond motifs is 1. The van der Waals surface area contributed by atoms with Crippen LogP contribution in [0, 0.1) is 17.8 Å². The van der Waals surface area contributed by atoms with Gasteiger partial charge in [-0.05, 0) is 62.8 Å². The van der Waals surface area contributed by atoms with Gasteiger partial charge in [0.15, 0.2) is 0 Å². The molecule has 4 aliphatic heterocycles. The fourth-order valence-corrected chi connectivity index (χ4v) is 9.64. The number of amides is 3. The van der Waals surface area contributed by atoms with E-state index in [1.807, 2.05) is 31.2 Å². The average Bonchev–Trinajstić information content (AvgIpc) is 3.56. The summed E-state index contributed by atoms with van der Waals surface area (Å²) in [6.07, 6.45) is 2.94. The largest absolute Gasteiger partial charge is 0.494 e. The second kappa shape index (κ2) is 13.3. The van der Waals surface area contributed by atoms with E-state index in [4.69, 9.17) is 9.47 Å².